The predicted molar refractivity (Wildman–Crippen MR) is 97.1 cm³/mol. The van der Waals surface area contributed by atoms with Crippen LogP contribution in [0.2, 0.25) is 5.02 Å². The Balaban J connectivity index is 1.55. The van der Waals surface area contributed by atoms with Crippen LogP contribution < -0.4 is 10.1 Å². The number of carbonyl (C=O) groups is 2. The van der Waals surface area contributed by atoms with E-state index in [1.165, 1.54) is 4.90 Å². The van der Waals surface area contributed by atoms with Gasteiger partial charge in [0.25, 0.3) is 0 Å². The van der Waals surface area contributed by atoms with Crippen molar-refractivity contribution in [3.63, 3.8) is 0 Å². The number of halogens is 1. The Morgan fingerprint density at radius 2 is 2.04 bits per heavy atom. The minimum absolute atomic E-state index is 0.0297. The summed E-state index contributed by atoms with van der Waals surface area (Å²) in [5.74, 6) is 0.489. The van der Waals surface area contributed by atoms with E-state index in [1.54, 1.807) is 31.3 Å². The fourth-order valence-corrected chi connectivity index (χ4v) is 2.90. The third-order valence-corrected chi connectivity index (χ3v) is 4.39. The van der Waals surface area contributed by atoms with E-state index in [4.69, 9.17) is 16.3 Å². The molecule has 0 fully saturated rings. The monoisotopic (exact) mass is 358 g/mol. The Hall–Kier alpha value is -2.53. The van der Waals surface area contributed by atoms with E-state index in [-0.39, 0.29) is 24.8 Å². The number of anilines is 1. The van der Waals surface area contributed by atoms with Crippen LogP contribution in [0.4, 0.5) is 5.69 Å². The van der Waals surface area contributed by atoms with Crippen LogP contribution in [0.1, 0.15) is 11.1 Å². The summed E-state index contributed by atoms with van der Waals surface area (Å²) in [6.45, 7) is 0.660. The van der Waals surface area contributed by atoms with E-state index in [9.17, 15) is 9.59 Å². The van der Waals surface area contributed by atoms with Gasteiger partial charge in [0.1, 0.15) is 5.75 Å². The molecule has 6 heteroatoms. The largest absolute Gasteiger partial charge is 0.493 e. The van der Waals surface area contributed by atoms with E-state index in [1.807, 2.05) is 18.2 Å². The number of hydrogen-bond donors (Lipinski definition) is 1. The second kappa shape index (κ2) is 7.57. The molecule has 1 heterocycles. The Morgan fingerprint density at radius 3 is 2.84 bits per heavy atom. The van der Waals surface area contributed by atoms with Gasteiger partial charge in [-0.05, 0) is 29.3 Å². The first kappa shape index (κ1) is 17.3. The van der Waals surface area contributed by atoms with Crippen molar-refractivity contribution in [3.8, 4) is 5.75 Å². The molecule has 130 valence electrons. The summed E-state index contributed by atoms with van der Waals surface area (Å²) < 4.78 is 5.47. The van der Waals surface area contributed by atoms with Crippen LogP contribution in [-0.2, 0) is 22.4 Å². The summed E-state index contributed by atoms with van der Waals surface area (Å²) in [5, 5.41) is 3.18. The maximum absolute atomic E-state index is 12.4. The number of fused-ring (bicyclic) bond motifs is 1. The molecule has 2 aromatic rings. The number of benzene rings is 2. The third-order valence-electron chi connectivity index (χ3n) is 4.06. The second-order valence-corrected chi connectivity index (χ2v) is 6.40. The highest BCUT2D eigenvalue weighted by atomic mass is 35.5. The summed E-state index contributed by atoms with van der Waals surface area (Å²) in [5.41, 5.74) is 2.59. The van der Waals surface area contributed by atoms with Crippen LogP contribution in [0.25, 0.3) is 0 Å². The van der Waals surface area contributed by atoms with Gasteiger partial charge in [0.2, 0.25) is 11.8 Å². The molecule has 1 aliphatic rings. The summed E-state index contributed by atoms with van der Waals surface area (Å²) in [4.78, 5) is 25.9. The molecule has 0 unspecified atom stereocenters. The molecule has 0 saturated heterocycles. The molecule has 5 nitrogen and oxygen atoms in total. The van der Waals surface area contributed by atoms with Crippen molar-refractivity contribution < 1.29 is 14.3 Å². The zero-order valence-corrected chi connectivity index (χ0v) is 14.7. The zero-order valence-electron chi connectivity index (χ0n) is 13.9. The van der Waals surface area contributed by atoms with Crippen LogP contribution in [0.5, 0.6) is 5.75 Å². The summed E-state index contributed by atoms with van der Waals surface area (Å²) in [6, 6.07) is 12.8. The van der Waals surface area contributed by atoms with Crippen molar-refractivity contribution in [1.82, 2.24) is 4.90 Å². The molecule has 0 radical (unpaired) electrons. The first-order valence-electron chi connectivity index (χ1n) is 8.06. The molecular weight excluding hydrogens is 340 g/mol. The average molecular weight is 359 g/mol. The van der Waals surface area contributed by atoms with Crippen molar-refractivity contribution >= 4 is 29.1 Å². The molecule has 1 aliphatic heterocycles. The Labute approximate surface area is 151 Å². The van der Waals surface area contributed by atoms with Gasteiger partial charge >= 0.3 is 0 Å². The molecule has 25 heavy (non-hydrogen) atoms. The van der Waals surface area contributed by atoms with Crippen molar-refractivity contribution in [2.75, 3.05) is 25.5 Å². The zero-order chi connectivity index (χ0) is 17.8. The molecular formula is C19H19ClN2O3. The smallest absolute Gasteiger partial charge is 0.244 e. The van der Waals surface area contributed by atoms with Gasteiger partial charge < -0.3 is 15.0 Å². The van der Waals surface area contributed by atoms with Gasteiger partial charge in [0, 0.05) is 13.5 Å². The lowest BCUT2D eigenvalue weighted by Gasteiger charge is -2.17. The molecule has 0 spiro atoms. The van der Waals surface area contributed by atoms with E-state index in [0.717, 1.165) is 23.3 Å². The normalized spacial score (nSPS) is 12.2. The third kappa shape index (κ3) is 4.31. The minimum atomic E-state index is -0.286. The first-order chi connectivity index (χ1) is 12.0. The maximum Gasteiger partial charge on any atom is 0.244 e. The molecule has 2 amide bonds. The van der Waals surface area contributed by atoms with E-state index < -0.39 is 0 Å². The van der Waals surface area contributed by atoms with Gasteiger partial charge in [-0.3, -0.25) is 9.59 Å². The van der Waals surface area contributed by atoms with Crippen LogP contribution in [-0.4, -0.2) is 36.9 Å². The molecule has 0 aliphatic carbocycles. The van der Waals surface area contributed by atoms with Crippen LogP contribution in [0.3, 0.4) is 0 Å². The average Bonchev–Trinajstić information content (AvgIpc) is 3.04. The summed E-state index contributed by atoms with van der Waals surface area (Å²) in [6.07, 6.45) is 1.12. The Kier molecular flexibility index (Phi) is 5.24. The summed E-state index contributed by atoms with van der Waals surface area (Å²) in [7, 11) is 1.62. The number of para-hydroxylation sites is 1. The van der Waals surface area contributed by atoms with Crippen LogP contribution >= 0.6 is 11.6 Å². The van der Waals surface area contributed by atoms with Gasteiger partial charge in [-0.25, -0.2) is 0 Å². The highest BCUT2D eigenvalue weighted by Crippen LogP contribution is 2.26. The number of ether oxygens (including phenoxy) is 1. The van der Waals surface area contributed by atoms with Crippen molar-refractivity contribution in [2.45, 2.75) is 12.8 Å². The minimum Gasteiger partial charge on any atom is -0.493 e. The van der Waals surface area contributed by atoms with Crippen LogP contribution in [0, 0.1) is 0 Å². The molecule has 0 bridgehead atoms. The fourth-order valence-electron chi connectivity index (χ4n) is 2.72. The lowest BCUT2D eigenvalue weighted by atomic mass is 10.1. The molecule has 2 aromatic carbocycles. The lowest BCUT2D eigenvalue weighted by molar-refractivity contribution is -0.132. The number of hydrogen-bond acceptors (Lipinski definition) is 3. The molecule has 1 N–H and O–H groups in total. The van der Waals surface area contributed by atoms with Crippen molar-refractivity contribution in [1.29, 1.82) is 0 Å². The number of nitrogens with one attached hydrogen (secondary N) is 1. The number of rotatable bonds is 5. The molecule has 0 saturated carbocycles. The quantitative estimate of drug-likeness (QED) is 0.894. The topological polar surface area (TPSA) is 58.6 Å². The molecule has 0 aromatic heterocycles. The highest BCUT2D eigenvalue weighted by molar-refractivity contribution is 6.33. The number of carbonyl (C=O) groups excluding carboxylic acids is 2. The van der Waals surface area contributed by atoms with Gasteiger partial charge in [0.15, 0.2) is 0 Å². The van der Waals surface area contributed by atoms with E-state index in [0.29, 0.717) is 17.3 Å². The summed E-state index contributed by atoms with van der Waals surface area (Å²) >= 11 is 6.02. The van der Waals surface area contributed by atoms with Gasteiger partial charge in [-0.1, -0.05) is 35.9 Å². The standard InChI is InChI=1S/C19H19ClN2O3/c1-22(12-18(23)21-16-5-3-2-4-15(16)20)19(24)11-13-6-7-17-14(10-13)8-9-25-17/h2-7,10H,8-9,11-12H2,1H3,(H,21,23). The van der Waals surface area contributed by atoms with Crippen molar-refractivity contribution in [2.24, 2.45) is 0 Å². The Morgan fingerprint density at radius 1 is 1.24 bits per heavy atom. The highest BCUT2D eigenvalue weighted by Gasteiger charge is 2.17. The molecule has 0 atom stereocenters. The van der Waals surface area contributed by atoms with E-state index >= 15 is 0 Å². The number of amides is 2. The Bertz CT molecular complexity index is 807. The first-order valence-corrected chi connectivity index (χ1v) is 8.43. The lowest BCUT2D eigenvalue weighted by Crippen LogP contribution is -2.35. The fraction of sp³-hybridized carbons (Fsp3) is 0.263. The number of nitrogens with zero attached hydrogens (tertiary/aromatic N) is 1. The van der Waals surface area contributed by atoms with Crippen molar-refractivity contribution in [3.05, 3.63) is 58.6 Å². The van der Waals surface area contributed by atoms with Gasteiger partial charge in [-0.15, -0.1) is 0 Å². The van der Waals surface area contributed by atoms with E-state index in [2.05, 4.69) is 5.32 Å². The maximum atomic E-state index is 12.4. The predicted octanol–water partition coefficient (Wildman–Crippen LogP) is 2.91. The van der Waals surface area contributed by atoms with Gasteiger partial charge in [0.05, 0.1) is 30.3 Å². The second-order valence-electron chi connectivity index (χ2n) is 6.00. The number of likely N-dealkylation sites (N-methyl/N-ethyl adjacent to an activating group) is 1. The van der Waals surface area contributed by atoms with Crippen LogP contribution in [0.15, 0.2) is 42.5 Å². The molecule has 3 rings (SSSR count). The SMILES string of the molecule is CN(CC(=O)Nc1ccccc1Cl)C(=O)Cc1ccc2c(c1)CCO2. The van der Waals surface area contributed by atoms with Gasteiger partial charge in [-0.2, -0.15) is 0 Å².